The van der Waals surface area contributed by atoms with Gasteiger partial charge in [0.05, 0.1) is 17.5 Å². The van der Waals surface area contributed by atoms with Crippen LogP contribution in [0.15, 0.2) is 12.1 Å². The third-order valence-electron chi connectivity index (χ3n) is 3.24. The molecular weight excluding hydrogens is 291 g/mol. The molecule has 102 valence electrons. The van der Waals surface area contributed by atoms with Gasteiger partial charge in [0, 0.05) is 0 Å². The van der Waals surface area contributed by atoms with E-state index in [0.29, 0.717) is 12.8 Å². The SMILES string of the molecule is O=C(O)CC1(NC(=O)c2ccc(Cl)nc2Cl)CCC1. The molecule has 1 aromatic rings. The van der Waals surface area contributed by atoms with Gasteiger partial charge in [0.1, 0.15) is 10.3 Å². The number of carbonyl (C=O) groups excluding carboxylic acids is 1. The third-order valence-corrected chi connectivity index (χ3v) is 3.74. The van der Waals surface area contributed by atoms with E-state index in [1.54, 1.807) is 0 Å². The van der Waals surface area contributed by atoms with Crippen LogP contribution in [0.1, 0.15) is 36.0 Å². The highest BCUT2D eigenvalue weighted by atomic mass is 35.5. The van der Waals surface area contributed by atoms with Gasteiger partial charge in [-0.05, 0) is 31.4 Å². The topological polar surface area (TPSA) is 79.3 Å². The van der Waals surface area contributed by atoms with E-state index < -0.39 is 17.4 Å². The molecule has 0 aliphatic heterocycles. The van der Waals surface area contributed by atoms with Crippen molar-refractivity contribution in [2.45, 2.75) is 31.2 Å². The van der Waals surface area contributed by atoms with Crippen molar-refractivity contribution >= 4 is 35.1 Å². The average Bonchev–Trinajstić information content (AvgIpc) is 2.25. The number of hydrogen-bond acceptors (Lipinski definition) is 3. The first-order valence-corrected chi connectivity index (χ1v) is 6.54. The van der Waals surface area contributed by atoms with E-state index in [0.717, 1.165) is 6.42 Å². The van der Waals surface area contributed by atoms with Crippen molar-refractivity contribution in [2.75, 3.05) is 0 Å². The number of aromatic nitrogens is 1. The van der Waals surface area contributed by atoms with E-state index >= 15 is 0 Å². The van der Waals surface area contributed by atoms with E-state index in [9.17, 15) is 9.59 Å². The number of rotatable bonds is 4. The molecule has 1 heterocycles. The fourth-order valence-corrected chi connectivity index (χ4v) is 2.56. The van der Waals surface area contributed by atoms with Gasteiger partial charge in [-0.3, -0.25) is 9.59 Å². The van der Waals surface area contributed by atoms with Gasteiger partial charge in [0.2, 0.25) is 0 Å². The van der Waals surface area contributed by atoms with Crippen LogP contribution >= 0.6 is 23.2 Å². The van der Waals surface area contributed by atoms with Crippen LogP contribution in [0, 0.1) is 0 Å². The maximum absolute atomic E-state index is 12.1. The molecule has 19 heavy (non-hydrogen) atoms. The highest BCUT2D eigenvalue weighted by molar-refractivity contribution is 6.34. The molecule has 1 aliphatic carbocycles. The number of nitrogens with zero attached hydrogens (tertiary/aromatic N) is 1. The van der Waals surface area contributed by atoms with Crippen LogP contribution in [0.5, 0.6) is 0 Å². The van der Waals surface area contributed by atoms with E-state index in [-0.39, 0.29) is 22.3 Å². The lowest BCUT2D eigenvalue weighted by Crippen LogP contribution is -2.54. The first kappa shape index (κ1) is 14.1. The van der Waals surface area contributed by atoms with E-state index in [1.807, 2.05) is 0 Å². The summed E-state index contributed by atoms with van der Waals surface area (Å²) in [5.41, 5.74) is -0.464. The minimum absolute atomic E-state index is 0.00907. The number of carboxylic acids is 1. The number of aliphatic carboxylic acids is 1. The van der Waals surface area contributed by atoms with Gasteiger partial charge in [-0.15, -0.1) is 0 Å². The summed E-state index contributed by atoms with van der Waals surface area (Å²) in [5, 5.41) is 11.8. The maximum Gasteiger partial charge on any atom is 0.305 e. The lowest BCUT2D eigenvalue weighted by Gasteiger charge is -2.41. The Morgan fingerprint density at radius 2 is 2.05 bits per heavy atom. The van der Waals surface area contributed by atoms with Crippen LogP contribution in [0.4, 0.5) is 0 Å². The molecule has 1 aliphatic rings. The zero-order valence-corrected chi connectivity index (χ0v) is 11.5. The Balaban J connectivity index is 2.13. The molecular formula is C12H12Cl2N2O3. The second-order valence-electron chi connectivity index (χ2n) is 4.63. The van der Waals surface area contributed by atoms with E-state index in [4.69, 9.17) is 28.3 Å². The number of carboxylic acid groups (broad SMARTS) is 1. The maximum atomic E-state index is 12.1. The monoisotopic (exact) mass is 302 g/mol. The molecule has 0 atom stereocenters. The van der Waals surface area contributed by atoms with Crippen molar-refractivity contribution in [3.63, 3.8) is 0 Å². The summed E-state index contributed by atoms with van der Waals surface area (Å²) in [7, 11) is 0. The largest absolute Gasteiger partial charge is 0.481 e. The summed E-state index contributed by atoms with van der Waals surface area (Å²) in [4.78, 5) is 26.7. The summed E-state index contributed by atoms with van der Waals surface area (Å²) in [6.07, 6.45) is 2.13. The predicted octanol–water partition coefficient (Wildman–Crippen LogP) is 2.52. The number of hydrogen-bond donors (Lipinski definition) is 2. The number of nitrogens with one attached hydrogen (secondary N) is 1. The van der Waals surface area contributed by atoms with Gasteiger partial charge in [-0.1, -0.05) is 23.2 Å². The summed E-state index contributed by atoms with van der Waals surface area (Å²) in [5.74, 6) is -1.35. The normalized spacial score (nSPS) is 16.5. The summed E-state index contributed by atoms with van der Waals surface area (Å²) in [6, 6.07) is 2.94. The van der Waals surface area contributed by atoms with Crippen molar-refractivity contribution in [1.29, 1.82) is 0 Å². The second kappa shape index (κ2) is 5.35. The Bertz CT molecular complexity index is 530. The molecule has 0 bridgehead atoms. The highest BCUT2D eigenvalue weighted by Crippen LogP contribution is 2.35. The molecule has 0 radical (unpaired) electrons. The van der Waals surface area contributed by atoms with Crippen molar-refractivity contribution in [3.8, 4) is 0 Å². The Labute approximate surface area is 119 Å². The second-order valence-corrected chi connectivity index (χ2v) is 5.38. The molecule has 1 saturated carbocycles. The van der Waals surface area contributed by atoms with Crippen LogP contribution < -0.4 is 5.32 Å². The smallest absolute Gasteiger partial charge is 0.305 e. The number of carbonyl (C=O) groups is 2. The molecule has 7 heteroatoms. The highest BCUT2D eigenvalue weighted by Gasteiger charge is 2.40. The van der Waals surface area contributed by atoms with Crippen molar-refractivity contribution in [3.05, 3.63) is 28.0 Å². The van der Waals surface area contributed by atoms with Crippen LogP contribution in [0.2, 0.25) is 10.3 Å². The predicted molar refractivity (Wildman–Crippen MR) is 70.6 cm³/mol. The fourth-order valence-electron chi connectivity index (χ4n) is 2.13. The first-order valence-electron chi connectivity index (χ1n) is 5.78. The van der Waals surface area contributed by atoms with Gasteiger partial charge >= 0.3 is 5.97 Å². The van der Waals surface area contributed by atoms with E-state index in [2.05, 4.69) is 10.3 Å². The van der Waals surface area contributed by atoms with Crippen molar-refractivity contribution in [2.24, 2.45) is 0 Å². The quantitative estimate of drug-likeness (QED) is 0.838. The lowest BCUT2D eigenvalue weighted by molar-refractivity contribution is -0.139. The van der Waals surface area contributed by atoms with Crippen molar-refractivity contribution < 1.29 is 14.7 Å². The molecule has 0 spiro atoms. The standard InChI is InChI=1S/C12H12Cl2N2O3/c13-8-3-2-7(10(14)15-8)11(19)16-12(4-1-5-12)6-9(17)18/h2-3H,1,4-6H2,(H,16,19)(H,17,18). The molecule has 5 nitrogen and oxygen atoms in total. The van der Waals surface area contributed by atoms with Crippen LogP contribution in [0.25, 0.3) is 0 Å². The van der Waals surface area contributed by atoms with Crippen molar-refractivity contribution in [1.82, 2.24) is 10.3 Å². The zero-order valence-electron chi connectivity index (χ0n) is 9.95. The minimum atomic E-state index is -0.930. The number of halogens is 2. The van der Waals surface area contributed by atoms with Gasteiger partial charge in [-0.25, -0.2) is 4.98 Å². The molecule has 0 aromatic carbocycles. The van der Waals surface area contributed by atoms with Gasteiger partial charge in [0.25, 0.3) is 5.91 Å². The fraction of sp³-hybridized carbons (Fsp3) is 0.417. The summed E-state index contributed by atoms with van der Waals surface area (Å²) < 4.78 is 0. The Kier molecular flexibility index (Phi) is 3.96. The number of amides is 1. The summed E-state index contributed by atoms with van der Waals surface area (Å²) >= 11 is 11.5. The van der Waals surface area contributed by atoms with Gasteiger partial charge in [-0.2, -0.15) is 0 Å². The molecule has 0 unspecified atom stereocenters. The molecule has 2 rings (SSSR count). The van der Waals surface area contributed by atoms with Crippen LogP contribution in [-0.2, 0) is 4.79 Å². The zero-order chi connectivity index (χ0) is 14.0. The Morgan fingerprint density at radius 3 is 2.53 bits per heavy atom. The molecule has 1 aromatic heterocycles. The van der Waals surface area contributed by atoms with Gasteiger partial charge < -0.3 is 10.4 Å². The average molecular weight is 303 g/mol. The third kappa shape index (κ3) is 3.16. The molecule has 2 N–H and O–H groups in total. The first-order chi connectivity index (χ1) is 8.92. The van der Waals surface area contributed by atoms with E-state index in [1.165, 1.54) is 12.1 Å². The Morgan fingerprint density at radius 1 is 1.37 bits per heavy atom. The number of pyridine rings is 1. The van der Waals surface area contributed by atoms with Gasteiger partial charge in [0.15, 0.2) is 0 Å². The summed E-state index contributed by atoms with van der Waals surface area (Å²) in [6.45, 7) is 0. The molecule has 1 fully saturated rings. The molecule has 1 amide bonds. The minimum Gasteiger partial charge on any atom is -0.481 e. The Hall–Kier alpha value is -1.33. The van der Waals surface area contributed by atoms with Crippen LogP contribution in [-0.4, -0.2) is 27.5 Å². The van der Waals surface area contributed by atoms with Crippen LogP contribution in [0.3, 0.4) is 0 Å². The lowest BCUT2D eigenvalue weighted by atomic mass is 9.74. The molecule has 0 saturated heterocycles.